The minimum absolute atomic E-state index is 0.101. The second-order valence-electron chi connectivity index (χ2n) is 10.2. The lowest BCUT2D eigenvalue weighted by molar-refractivity contribution is 0.150. The fourth-order valence-corrected chi connectivity index (χ4v) is 6.04. The molecule has 3 N–H and O–H groups in total. The van der Waals surface area contributed by atoms with Gasteiger partial charge in [-0.1, -0.05) is 30.5 Å². The molecule has 0 amide bonds. The summed E-state index contributed by atoms with van der Waals surface area (Å²) in [7, 11) is -1.64. The molecule has 2 heterocycles. The Kier molecular flexibility index (Phi) is 9.63. The maximum Gasteiger partial charge on any atom is 0.229 e. The van der Waals surface area contributed by atoms with Gasteiger partial charge in [-0.25, -0.2) is 18.1 Å². The Bertz CT molecular complexity index is 1160. The number of sulfonamides is 1. The van der Waals surface area contributed by atoms with Gasteiger partial charge in [-0.05, 0) is 62.8 Å². The highest BCUT2D eigenvalue weighted by Gasteiger charge is 2.30. The molecule has 2 atom stereocenters. The van der Waals surface area contributed by atoms with E-state index >= 15 is 0 Å². The second kappa shape index (κ2) is 12.7. The molecule has 1 aromatic heterocycles. The third-order valence-electron chi connectivity index (χ3n) is 7.24. The van der Waals surface area contributed by atoms with Gasteiger partial charge in [-0.15, -0.1) is 0 Å². The van der Waals surface area contributed by atoms with Gasteiger partial charge in [0.25, 0.3) is 0 Å². The maximum atomic E-state index is 12.5. The number of benzene rings is 1. The summed E-state index contributed by atoms with van der Waals surface area (Å²) in [6.45, 7) is 7.12. The van der Waals surface area contributed by atoms with E-state index in [9.17, 15) is 8.42 Å². The van der Waals surface area contributed by atoms with Gasteiger partial charge in [-0.2, -0.15) is 4.98 Å². The Morgan fingerprint density at radius 3 is 2.59 bits per heavy atom. The number of halogens is 1. The Morgan fingerprint density at radius 1 is 1.14 bits per heavy atom. The van der Waals surface area contributed by atoms with E-state index in [0.29, 0.717) is 16.8 Å². The SMILES string of the molecule is COCCN1CCc2ccc(Nc3ncc(Cl)c(N[C@@H]4CCCC[C@H]4NS(=O)(=O)C(C)C)n3)cc2CC1. The highest BCUT2D eigenvalue weighted by Crippen LogP contribution is 2.28. The van der Waals surface area contributed by atoms with Crippen LogP contribution in [0.5, 0.6) is 0 Å². The van der Waals surface area contributed by atoms with Gasteiger partial charge in [-0.3, -0.25) is 0 Å². The minimum atomic E-state index is -3.38. The van der Waals surface area contributed by atoms with E-state index in [-0.39, 0.29) is 12.1 Å². The van der Waals surface area contributed by atoms with Gasteiger partial charge in [0.2, 0.25) is 16.0 Å². The monoisotopic (exact) mass is 550 g/mol. The van der Waals surface area contributed by atoms with Crippen LogP contribution in [0.1, 0.15) is 50.7 Å². The summed E-state index contributed by atoms with van der Waals surface area (Å²) in [6.07, 6.45) is 7.19. The van der Waals surface area contributed by atoms with Crippen molar-refractivity contribution in [1.29, 1.82) is 0 Å². The topological polar surface area (TPSA) is 108 Å². The highest BCUT2D eigenvalue weighted by molar-refractivity contribution is 7.90. The molecular formula is C26H39ClN6O3S. The molecule has 0 spiro atoms. The molecule has 1 aromatic carbocycles. The average molecular weight is 551 g/mol. The number of nitrogens with one attached hydrogen (secondary N) is 3. The number of fused-ring (bicyclic) bond motifs is 1. The lowest BCUT2D eigenvalue weighted by Gasteiger charge is -2.33. The summed E-state index contributed by atoms with van der Waals surface area (Å²) in [6, 6.07) is 6.11. The van der Waals surface area contributed by atoms with Gasteiger partial charge in [0.05, 0.1) is 18.1 Å². The van der Waals surface area contributed by atoms with Crippen molar-refractivity contribution in [3.8, 4) is 0 Å². The predicted octanol–water partition coefficient (Wildman–Crippen LogP) is 3.97. The maximum absolute atomic E-state index is 12.5. The van der Waals surface area contributed by atoms with E-state index in [1.165, 1.54) is 11.1 Å². The van der Waals surface area contributed by atoms with Crippen LogP contribution in [0, 0.1) is 0 Å². The molecule has 1 aliphatic heterocycles. The molecule has 1 saturated carbocycles. The third kappa shape index (κ3) is 7.54. The zero-order chi connectivity index (χ0) is 26.4. The Morgan fingerprint density at radius 2 is 1.86 bits per heavy atom. The summed E-state index contributed by atoms with van der Waals surface area (Å²) in [5.74, 6) is 0.945. The van der Waals surface area contributed by atoms with Crippen LogP contribution in [0.3, 0.4) is 0 Å². The number of ether oxygens (including phenoxy) is 1. The van der Waals surface area contributed by atoms with E-state index in [2.05, 4.69) is 48.4 Å². The first kappa shape index (κ1) is 28.0. The number of hydrogen-bond donors (Lipinski definition) is 3. The van der Waals surface area contributed by atoms with E-state index < -0.39 is 15.3 Å². The molecule has 0 bridgehead atoms. The van der Waals surface area contributed by atoms with Crippen LogP contribution in [0.2, 0.25) is 5.02 Å². The molecule has 4 rings (SSSR count). The first-order valence-corrected chi connectivity index (χ1v) is 15.1. The first-order valence-electron chi connectivity index (χ1n) is 13.2. The number of aromatic nitrogens is 2. The van der Waals surface area contributed by atoms with Crippen molar-refractivity contribution in [3.05, 3.63) is 40.5 Å². The third-order valence-corrected chi connectivity index (χ3v) is 9.39. The number of nitrogens with zero attached hydrogens (tertiary/aromatic N) is 3. The van der Waals surface area contributed by atoms with E-state index in [0.717, 1.165) is 70.5 Å². The van der Waals surface area contributed by atoms with Gasteiger partial charge in [0, 0.05) is 44.5 Å². The normalized spacial score (nSPS) is 20.9. The Balaban J connectivity index is 1.45. The summed E-state index contributed by atoms with van der Waals surface area (Å²) in [5, 5.41) is 6.64. The molecule has 204 valence electrons. The molecule has 37 heavy (non-hydrogen) atoms. The summed E-state index contributed by atoms with van der Waals surface area (Å²) >= 11 is 6.45. The average Bonchev–Trinajstić information content (AvgIpc) is 3.07. The number of rotatable bonds is 10. The van der Waals surface area contributed by atoms with E-state index in [1.54, 1.807) is 27.2 Å². The van der Waals surface area contributed by atoms with Crippen LogP contribution in [0.25, 0.3) is 0 Å². The van der Waals surface area contributed by atoms with Gasteiger partial charge >= 0.3 is 0 Å². The smallest absolute Gasteiger partial charge is 0.229 e. The van der Waals surface area contributed by atoms with Crippen molar-refractivity contribution in [2.75, 3.05) is 44.0 Å². The minimum Gasteiger partial charge on any atom is -0.383 e. The van der Waals surface area contributed by atoms with Gasteiger partial charge < -0.3 is 20.3 Å². The molecule has 0 saturated heterocycles. The summed E-state index contributed by atoms with van der Waals surface area (Å²) < 4.78 is 33.1. The van der Waals surface area contributed by atoms with Crippen LogP contribution in [-0.4, -0.2) is 74.0 Å². The Hall–Kier alpha value is -1.98. The van der Waals surface area contributed by atoms with Crippen LogP contribution >= 0.6 is 11.6 Å². The van der Waals surface area contributed by atoms with E-state index in [4.69, 9.17) is 16.3 Å². The van der Waals surface area contributed by atoms with Gasteiger partial charge in [0.15, 0.2) is 5.82 Å². The molecule has 0 unspecified atom stereocenters. The van der Waals surface area contributed by atoms with Gasteiger partial charge in [0.1, 0.15) is 5.02 Å². The van der Waals surface area contributed by atoms with Crippen molar-refractivity contribution in [2.24, 2.45) is 0 Å². The van der Waals surface area contributed by atoms with Crippen LogP contribution in [0.15, 0.2) is 24.4 Å². The standard InChI is InChI=1S/C26H39ClN6O3S/c1-18(2)37(34,35)32-24-7-5-4-6-23(24)30-25-22(27)17-28-26(31-25)29-21-9-8-19-10-12-33(14-15-36-3)13-11-20(19)16-21/h8-9,16-18,23-24,32H,4-7,10-15H2,1-3H3,(H2,28,29,30,31)/t23-,24-/m1/s1. The second-order valence-corrected chi connectivity index (χ2v) is 12.9. The molecule has 2 aromatic rings. The molecular weight excluding hydrogens is 512 g/mol. The molecule has 1 fully saturated rings. The molecule has 2 aliphatic rings. The van der Waals surface area contributed by atoms with Crippen LogP contribution in [0.4, 0.5) is 17.5 Å². The molecule has 9 nitrogen and oxygen atoms in total. The van der Waals surface area contributed by atoms with Crippen molar-refractivity contribution >= 4 is 39.1 Å². The molecule has 0 radical (unpaired) electrons. The largest absolute Gasteiger partial charge is 0.383 e. The van der Waals surface area contributed by atoms with Crippen molar-refractivity contribution in [1.82, 2.24) is 19.6 Å². The zero-order valence-electron chi connectivity index (χ0n) is 22.0. The van der Waals surface area contributed by atoms with Crippen molar-refractivity contribution in [3.63, 3.8) is 0 Å². The fraction of sp³-hybridized carbons (Fsp3) is 0.615. The molecule has 11 heteroatoms. The quantitative estimate of drug-likeness (QED) is 0.408. The van der Waals surface area contributed by atoms with Crippen molar-refractivity contribution in [2.45, 2.75) is 69.7 Å². The van der Waals surface area contributed by atoms with Crippen LogP contribution in [-0.2, 0) is 27.6 Å². The first-order chi connectivity index (χ1) is 17.7. The highest BCUT2D eigenvalue weighted by atomic mass is 35.5. The summed E-state index contributed by atoms with van der Waals surface area (Å²) in [5.41, 5.74) is 3.63. The number of hydrogen-bond acceptors (Lipinski definition) is 8. The van der Waals surface area contributed by atoms with Crippen molar-refractivity contribution < 1.29 is 13.2 Å². The number of methoxy groups -OCH3 is 1. The lowest BCUT2D eigenvalue weighted by Crippen LogP contribution is -2.50. The zero-order valence-corrected chi connectivity index (χ0v) is 23.5. The lowest BCUT2D eigenvalue weighted by atomic mass is 9.91. The van der Waals surface area contributed by atoms with Crippen LogP contribution < -0.4 is 15.4 Å². The molecule has 1 aliphatic carbocycles. The fourth-order valence-electron chi connectivity index (χ4n) is 4.92. The number of anilines is 3. The van der Waals surface area contributed by atoms with E-state index in [1.807, 2.05) is 0 Å². The Labute approximate surface area is 225 Å². The predicted molar refractivity (Wildman–Crippen MR) is 149 cm³/mol. The summed E-state index contributed by atoms with van der Waals surface area (Å²) in [4.78, 5) is 11.5.